The zero-order chi connectivity index (χ0) is 12.1. The highest BCUT2D eigenvalue weighted by atomic mass is 16.4. The lowest BCUT2D eigenvalue weighted by atomic mass is 9.87. The van der Waals surface area contributed by atoms with E-state index in [1.807, 2.05) is 13.8 Å². The molecule has 3 atom stereocenters. The topological polar surface area (TPSA) is 69.6 Å². The van der Waals surface area contributed by atoms with Crippen LogP contribution in [-0.2, 0) is 4.79 Å². The van der Waals surface area contributed by atoms with Crippen LogP contribution in [-0.4, -0.2) is 34.9 Å². The molecule has 0 aromatic carbocycles. The first-order valence-electron chi connectivity index (χ1n) is 6.15. The molecule has 4 nitrogen and oxygen atoms in total. The Balaban J connectivity index is 2.34. The van der Waals surface area contributed by atoms with Crippen molar-refractivity contribution in [1.82, 2.24) is 5.32 Å². The Morgan fingerprint density at radius 1 is 1.44 bits per heavy atom. The average molecular weight is 229 g/mol. The van der Waals surface area contributed by atoms with E-state index in [1.54, 1.807) is 0 Å². The van der Waals surface area contributed by atoms with Crippen LogP contribution in [0.25, 0.3) is 0 Å². The van der Waals surface area contributed by atoms with Crippen molar-refractivity contribution in [2.45, 2.75) is 51.7 Å². The summed E-state index contributed by atoms with van der Waals surface area (Å²) in [6, 6.07) is -0.473. The summed E-state index contributed by atoms with van der Waals surface area (Å²) < 4.78 is 0. The lowest BCUT2D eigenvalue weighted by Gasteiger charge is -2.28. The minimum Gasteiger partial charge on any atom is -0.480 e. The SMILES string of the molecule is CC(C)C(NCC1CCCC(O)C1)C(=O)O. The highest BCUT2D eigenvalue weighted by Gasteiger charge is 2.24. The van der Waals surface area contributed by atoms with Crippen molar-refractivity contribution in [2.75, 3.05) is 6.54 Å². The fraction of sp³-hybridized carbons (Fsp3) is 0.917. The van der Waals surface area contributed by atoms with Crippen LogP contribution in [0.5, 0.6) is 0 Å². The van der Waals surface area contributed by atoms with Gasteiger partial charge in [0.25, 0.3) is 0 Å². The van der Waals surface area contributed by atoms with Gasteiger partial charge in [-0.2, -0.15) is 0 Å². The molecule has 0 saturated heterocycles. The summed E-state index contributed by atoms with van der Waals surface area (Å²) in [5.41, 5.74) is 0. The second-order valence-corrected chi connectivity index (χ2v) is 5.15. The second kappa shape index (κ2) is 6.21. The van der Waals surface area contributed by atoms with Gasteiger partial charge >= 0.3 is 5.97 Å². The molecule has 4 heteroatoms. The van der Waals surface area contributed by atoms with E-state index in [9.17, 15) is 9.90 Å². The molecule has 3 unspecified atom stereocenters. The van der Waals surface area contributed by atoms with E-state index in [1.165, 1.54) is 0 Å². The van der Waals surface area contributed by atoms with Crippen LogP contribution in [0, 0.1) is 11.8 Å². The summed E-state index contributed by atoms with van der Waals surface area (Å²) in [4.78, 5) is 11.0. The summed E-state index contributed by atoms with van der Waals surface area (Å²) in [6.07, 6.45) is 3.64. The molecule has 0 heterocycles. The molecular weight excluding hydrogens is 206 g/mol. The highest BCUT2D eigenvalue weighted by Crippen LogP contribution is 2.23. The van der Waals surface area contributed by atoms with Crippen LogP contribution < -0.4 is 5.32 Å². The predicted octanol–water partition coefficient (Wildman–Crippen LogP) is 1.24. The molecule has 1 aliphatic rings. The van der Waals surface area contributed by atoms with Gasteiger partial charge in [0, 0.05) is 0 Å². The second-order valence-electron chi connectivity index (χ2n) is 5.15. The number of rotatable bonds is 5. The summed E-state index contributed by atoms with van der Waals surface area (Å²) in [7, 11) is 0. The van der Waals surface area contributed by atoms with Crippen molar-refractivity contribution < 1.29 is 15.0 Å². The van der Waals surface area contributed by atoms with Crippen LogP contribution in [0.4, 0.5) is 0 Å². The van der Waals surface area contributed by atoms with Gasteiger partial charge in [0.1, 0.15) is 6.04 Å². The summed E-state index contributed by atoms with van der Waals surface area (Å²) in [5.74, 6) is -0.276. The van der Waals surface area contributed by atoms with Crippen LogP contribution >= 0.6 is 0 Å². The Kier molecular flexibility index (Phi) is 5.22. The smallest absolute Gasteiger partial charge is 0.320 e. The quantitative estimate of drug-likeness (QED) is 0.663. The minimum atomic E-state index is -0.786. The number of aliphatic carboxylic acids is 1. The first-order chi connectivity index (χ1) is 7.50. The van der Waals surface area contributed by atoms with Gasteiger partial charge in [0.05, 0.1) is 6.10 Å². The number of carboxylic acids is 1. The number of aliphatic hydroxyl groups excluding tert-OH is 1. The summed E-state index contributed by atoms with van der Waals surface area (Å²) >= 11 is 0. The molecule has 0 amide bonds. The largest absolute Gasteiger partial charge is 0.480 e. The van der Waals surface area contributed by atoms with Crippen LogP contribution in [0.3, 0.4) is 0 Å². The number of nitrogens with one attached hydrogen (secondary N) is 1. The first-order valence-corrected chi connectivity index (χ1v) is 6.15. The standard InChI is InChI=1S/C12H23NO3/c1-8(2)11(12(15)16)13-7-9-4-3-5-10(14)6-9/h8-11,13-14H,3-7H2,1-2H3,(H,15,16). The third-order valence-electron chi connectivity index (χ3n) is 3.31. The molecule has 1 saturated carbocycles. The van der Waals surface area contributed by atoms with Crippen molar-refractivity contribution in [2.24, 2.45) is 11.8 Å². The van der Waals surface area contributed by atoms with Gasteiger partial charge < -0.3 is 15.5 Å². The maximum atomic E-state index is 11.0. The molecular formula is C12H23NO3. The lowest BCUT2D eigenvalue weighted by Crippen LogP contribution is -2.44. The molecule has 0 aromatic heterocycles. The third-order valence-corrected chi connectivity index (χ3v) is 3.31. The van der Waals surface area contributed by atoms with Crippen molar-refractivity contribution in [3.63, 3.8) is 0 Å². The Labute approximate surface area is 97.0 Å². The number of hydrogen-bond donors (Lipinski definition) is 3. The van der Waals surface area contributed by atoms with E-state index in [2.05, 4.69) is 5.32 Å². The molecule has 1 rings (SSSR count). The molecule has 1 aliphatic carbocycles. The van der Waals surface area contributed by atoms with Gasteiger partial charge in [-0.15, -0.1) is 0 Å². The van der Waals surface area contributed by atoms with Gasteiger partial charge in [-0.25, -0.2) is 0 Å². The Morgan fingerprint density at radius 2 is 2.12 bits per heavy atom. The molecule has 0 spiro atoms. The highest BCUT2D eigenvalue weighted by molar-refractivity contribution is 5.73. The number of aliphatic hydroxyl groups is 1. The van der Waals surface area contributed by atoms with Crippen LogP contribution in [0.15, 0.2) is 0 Å². The third kappa shape index (κ3) is 4.10. The zero-order valence-corrected chi connectivity index (χ0v) is 10.1. The lowest BCUT2D eigenvalue weighted by molar-refractivity contribution is -0.140. The Hall–Kier alpha value is -0.610. The van der Waals surface area contributed by atoms with E-state index in [4.69, 9.17) is 5.11 Å². The molecule has 0 bridgehead atoms. The van der Waals surface area contributed by atoms with E-state index >= 15 is 0 Å². The normalized spacial score (nSPS) is 28.0. The van der Waals surface area contributed by atoms with Crippen molar-refractivity contribution in [3.8, 4) is 0 Å². The van der Waals surface area contributed by atoms with Gasteiger partial charge in [-0.3, -0.25) is 4.79 Å². The van der Waals surface area contributed by atoms with Crippen LogP contribution in [0.1, 0.15) is 39.5 Å². The number of hydrogen-bond acceptors (Lipinski definition) is 3. The van der Waals surface area contributed by atoms with E-state index in [0.717, 1.165) is 25.7 Å². The monoisotopic (exact) mass is 229 g/mol. The fourth-order valence-electron chi connectivity index (χ4n) is 2.35. The van der Waals surface area contributed by atoms with Crippen molar-refractivity contribution in [1.29, 1.82) is 0 Å². The Morgan fingerprint density at radius 3 is 2.62 bits per heavy atom. The first kappa shape index (κ1) is 13.5. The molecule has 94 valence electrons. The minimum absolute atomic E-state index is 0.0889. The molecule has 16 heavy (non-hydrogen) atoms. The zero-order valence-electron chi connectivity index (χ0n) is 10.1. The van der Waals surface area contributed by atoms with Gasteiger partial charge in [0.15, 0.2) is 0 Å². The van der Waals surface area contributed by atoms with Crippen molar-refractivity contribution in [3.05, 3.63) is 0 Å². The van der Waals surface area contributed by atoms with Gasteiger partial charge in [-0.05, 0) is 37.6 Å². The average Bonchev–Trinajstić information content (AvgIpc) is 2.16. The Bertz CT molecular complexity index is 230. The summed E-state index contributed by atoms with van der Waals surface area (Å²) in [5, 5.41) is 21.6. The predicted molar refractivity (Wildman–Crippen MR) is 62.2 cm³/mol. The van der Waals surface area contributed by atoms with E-state index in [0.29, 0.717) is 12.5 Å². The molecule has 0 radical (unpaired) electrons. The maximum Gasteiger partial charge on any atom is 0.320 e. The molecule has 1 fully saturated rings. The number of carboxylic acid groups (broad SMARTS) is 1. The molecule has 0 aliphatic heterocycles. The number of carbonyl (C=O) groups is 1. The van der Waals surface area contributed by atoms with E-state index < -0.39 is 12.0 Å². The van der Waals surface area contributed by atoms with Crippen LogP contribution in [0.2, 0.25) is 0 Å². The maximum absolute atomic E-state index is 11.0. The van der Waals surface area contributed by atoms with Gasteiger partial charge in [0.2, 0.25) is 0 Å². The summed E-state index contributed by atoms with van der Waals surface area (Å²) in [6.45, 7) is 4.51. The van der Waals surface area contributed by atoms with E-state index in [-0.39, 0.29) is 12.0 Å². The fourth-order valence-corrected chi connectivity index (χ4v) is 2.35. The van der Waals surface area contributed by atoms with Gasteiger partial charge in [-0.1, -0.05) is 20.3 Å². The molecule has 3 N–H and O–H groups in total. The molecule has 0 aromatic rings. The van der Waals surface area contributed by atoms with Crippen molar-refractivity contribution >= 4 is 5.97 Å².